The van der Waals surface area contributed by atoms with Crippen LogP contribution in [0.2, 0.25) is 0 Å². The van der Waals surface area contributed by atoms with Gasteiger partial charge in [0.25, 0.3) is 5.91 Å². The van der Waals surface area contributed by atoms with Crippen molar-refractivity contribution < 1.29 is 14.3 Å². The van der Waals surface area contributed by atoms with E-state index in [2.05, 4.69) is 0 Å². The summed E-state index contributed by atoms with van der Waals surface area (Å²) in [6, 6.07) is -0.179. The Balaban J connectivity index is 2.01. The van der Waals surface area contributed by atoms with E-state index in [-0.39, 0.29) is 23.8 Å². The van der Waals surface area contributed by atoms with Gasteiger partial charge in [-0.3, -0.25) is 9.59 Å². The van der Waals surface area contributed by atoms with Crippen LogP contribution in [-0.2, 0) is 14.3 Å². The molecule has 0 spiro atoms. The number of amides is 1. The van der Waals surface area contributed by atoms with Gasteiger partial charge in [0, 0.05) is 19.6 Å². The van der Waals surface area contributed by atoms with Gasteiger partial charge in [0.1, 0.15) is 6.10 Å². The molecule has 4 heteroatoms. The molecule has 0 N–H and O–H groups in total. The third-order valence-electron chi connectivity index (χ3n) is 3.46. The average molecular weight is 225 g/mol. The Labute approximate surface area is 95.9 Å². The van der Waals surface area contributed by atoms with Crippen LogP contribution in [0, 0.1) is 0 Å². The smallest absolute Gasteiger partial charge is 0.252 e. The van der Waals surface area contributed by atoms with Gasteiger partial charge >= 0.3 is 0 Å². The number of ketones is 1. The number of ether oxygens (including phenoxy) is 1. The minimum atomic E-state index is -0.287. The highest BCUT2D eigenvalue weighted by Gasteiger charge is 2.37. The Morgan fingerprint density at radius 3 is 2.75 bits per heavy atom. The van der Waals surface area contributed by atoms with Crippen molar-refractivity contribution in [3.05, 3.63) is 0 Å². The van der Waals surface area contributed by atoms with E-state index in [1.54, 1.807) is 4.90 Å². The Kier molecular flexibility index (Phi) is 3.59. The van der Waals surface area contributed by atoms with Crippen molar-refractivity contribution in [3.63, 3.8) is 0 Å². The van der Waals surface area contributed by atoms with Gasteiger partial charge in [0.05, 0.1) is 6.04 Å². The third-order valence-corrected chi connectivity index (χ3v) is 3.46. The summed E-state index contributed by atoms with van der Waals surface area (Å²) in [5, 5.41) is 0. The van der Waals surface area contributed by atoms with Crippen molar-refractivity contribution in [2.24, 2.45) is 0 Å². The first-order chi connectivity index (χ1) is 7.74. The van der Waals surface area contributed by atoms with E-state index in [1.165, 1.54) is 0 Å². The number of hydrogen-bond donors (Lipinski definition) is 0. The van der Waals surface area contributed by atoms with Crippen molar-refractivity contribution in [2.45, 2.75) is 51.2 Å². The van der Waals surface area contributed by atoms with Crippen LogP contribution in [-0.4, -0.2) is 41.9 Å². The van der Waals surface area contributed by atoms with Gasteiger partial charge in [0.15, 0.2) is 5.78 Å². The number of nitrogens with zero attached hydrogens (tertiary/aromatic N) is 1. The summed E-state index contributed by atoms with van der Waals surface area (Å²) >= 11 is 0. The van der Waals surface area contributed by atoms with E-state index in [9.17, 15) is 9.59 Å². The number of hydrogen-bond acceptors (Lipinski definition) is 3. The minimum absolute atomic E-state index is 0.0294. The summed E-state index contributed by atoms with van der Waals surface area (Å²) in [4.78, 5) is 25.6. The second kappa shape index (κ2) is 4.95. The normalized spacial score (nSPS) is 29.7. The average Bonchev–Trinajstić information content (AvgIpc) is 2.97. The first kappa shape index (κ1) is 11.6. The lowest BCUT2D eigenvalue weighted by atomic mass is 10.1. The predicted molar refractivity (Wildman–Crippen MR) is 59.0 cm³/mol. The summed E-state index contributed by atoms with van der Waals surface area (Å²) in [5.74, 6) is 0.214. The molecule has 16 heavy (non-hydrogen) atoms. The zero-order valence-corrected chi connectivity index (χ0v) is 9.78. The molecule has 2 aliphatic rings. The fourth-order valence-corrected chi connectivity index (χ4v) is 2.56. The van der Waals surface area contributed by atoms with Crippen molar-refractivity contribution in [3.8, 4) is 0 Å². The Bertz CT molecular complexity index is 284. The number of rotatable bonds is 3. The third kappa shape index (κ3) is 2.12. The van der Waals surface area contributed by atoms with Crippen LogP contribution in [0.15, 0.2) is 0 Å². The van der Waals surface area contributed by atoms with Crippen molar-refractivity contribution >= 4 is 11.7 Å². The van der Waals surface area contributed by atoms with Crippen LogP contribution >= 0.6 is 0 Å². The molecule has 2 atom stereocenters. The summed E-state index contributed by atoms with van der Waals surface area (Å²) in [5.41, 5.74) is 0. The van der Waals surface area contributed by atoms with E-state index in [1.807, 2.05) is 6.92 Å². The summed E-state index contributed by atoms with van der Waals surface area (Å²) in [6.45, 7) is 3.25. The highest BCUT2D eigenvalue weighted by atomic mass is 16.5. The molecule has 0 unspecified atom stereocenters. The van der Waals surface area contributed by atoms with Crippen LogP contribution in [0.3, 0.4) is 0 Å². The standard InChI is InChI=1S/C12H19NO3/c1-2-10(14)9-5-3-7-13(9)12(15)11-6-4-8-16-11/h9,11H,2-8H2,1H3/t9-,11+/m0/s1. The predicted octanol–water partition coefficient (Wildman–Crippen LogP) is 1.14. The quantitative estimate of drug-likeness (QED) is 0.723. The zero-order valence-electron chi connectivity index (χ0n) is 9.78. The Morgan fingerprint density at radius 2 is 2.12 bits per heavy atom. The Hall–Kier alpha value is -0.900. The highest BCUT2D eigenvalue weighted by molar-refractivity contribution is 5.91. The molecule has 2 fully saturated rings. The summed E-state index contributed by atoms with van der Waals surface area (Å²) in [7, 11) is 0. The van der Waals surface area contributed by atoms with Crippen molar-refractivity contribution in [1.82, 2.24) is 4.90 Å². The van der Waals surface area contributed by atoms with Crippen LogP contribution in [0.5, 0.6) is 0 Å². The van der Waals surface area contributed by atoms with Gasteiger partial charge in [-0.05, 0) is 25.7 Å². The van der Waals surface area contributed by atoms with E-state index < -0.39 is 0 Å². The van der Waals surface area contributed by atoms with Crippen molar-refractivity contribution in [1.29, 1.82) is 0 Å². The highest BCUT2D eigenvalue weighted by Crippen LogP contribution is 2.23. The topological polar surface area (TPSA) is 46.6 Å². The first-order valence-corrected chi connectivity index (χ1v) is 6.19. The maximum atomic E-state index is 12.1. The van der Waals surface area contributed by atoms with Gasteiger partial charge in [-0.25, -0.2) is 0 Å². The molecule has 2 heterocycles. The molecule has 0 saturated carbocycles. The molecule has 0 aromatic heterocycles. The molecule has 1 amide bonds. The number of likely N-dealkylation sites (tertiary alicyclic amines) is 1. The number of carbonyl (C=O) groups excluding carboxylic acids is 2. The largest absolute Gasteiger partial charge is 0.368 e. The molecule has 0 radical (unpaired) electrons. The van der Waals surface area contributed by atoms with Crippen LogP contribution in [0.25, 0.3) is 0 Å². The van der Waals surface area contributed by atoms with E-state index >= 15 is 0 Å². The van der Waals surface area contributed by atoms with E-state index in [0.717, 1.165) is 32.2 Å². The molecule has 0 bridgehead atoms. The van der Waals surface area contributed by atoms with Crippen LogP contribution in [0.1, 0.15) is 39.0 Å². The fourth-order valence-electron chi connectivity index (χ4n) is 2.56. The Morgan fingerprint density at radius 1 is 1.31 bits per heavy atom. The molecule has 90 valence electrons. The van der Waals surface area contributed by atoms with Gasteiger partial charge in [-0.1, -0.05) is 6.92 Å². The van der Waals surface area contributed by atoms with Gasteiger partial charge < -0.3 is 9.64 Å². The SMILES string of the molecule is CCC(=O)[C@@H]1CCCN1C(=O)[C@H]1CCCO1. The summed E-state index contributed by atoms with van der Waals surface area (Å²) < 4.78 is 5.39. The molecule has 2 saturated heterocycles. The molecule has 0 aliphatic carbocycles. The second-order valence-corrected chi connectivity index (χ2v) is 4.51. The maximum Gasteiger partial charge on any atom is 0.252 e. The lowest BCUT2D eigenvalue weighted by Gasteiger charge is -2.25. The van der Waals surface area contributed by atoms with Gasteiger partial charge in [-0.15, -0.1) is 0 Å². The lowest BCUT2D eigenvalue weighted by Crippen LogP contribution is -2.45. The molecule has 0 aromatic rings. The first-order valence-electron chi connectivity index (χ1n) is 6.19. The second-order valence-electron chi connectivity index (χ2n) is 4.51. The molecular formula is C12H19NO3. The maximum absolute atomic E-state index is 12.1. The van der Waals surface area contributed by atoms with Crippen LogP contribution < -0.4 is 0 Å². The molecule has 2 aliphatic heterocycles. The molecule has 2 rings (SSSR count). The zero-order chi connectivity index (χ0) is 11.5. The minimum Gasteiger partial charge on any atom is -0.368 e. The molecule has 4 nitrogen and oxygen atoms in total. The number of carbonyl (C=O) groups is 2. The molecule has 0 aromatic carbocycles. The fraction of sp³-hybridized carbons (Fsp3) is 0.833. The van der Waals surface area contributed by atoms with Gasteiger partial charge in [-0.2, -0.15) is 0 Å². The van der Waals surface area contributed by atoms with E-state index in [0.29, 0.717) is 13.0 Å². The lowest BCUT2D eigenvalue weighted by molar-refractivity contribution is -0.145. The van der Waals surface area contributed by atoms with E-state index in [4.69, 9.17) is 4.74 Å². The van der Waals surface area contributed by atoms with Gasteiger partial charge in [0.2, 0.25) is 0 Å². The van der Waals surface area contributed by atoms with Crippen LogP contribution in [0.4, 0.5) is 0 Å². The van der Waals surface area contributed by atoms with Crippen molar-refractivity contribution in [2.75, 3.05) is 13.2 Å². The number of Topliss-reactive ketones (excluding diaryl/α,β-unsaturated/α-hetero) is 1. The summed E-state index contributed by atoms with van der Waals surface area (Å²) in [6.07, 6.45) is 3.75. The monoisotopic (exact) mass is 225 g/mol. The molecular weight excluding hydrogens is 206 g/mol.